The summed E-state index contributed by atoms with van der Waals surface area (Å²) in [6, 6.07) is 11.9. The fourth-order valence-electron chi connectivity index (χ4n) is 2.30. The highest BCUT2D eigenvalue weighted by molar-refractivity contribution is 6.30. The zero-order valence-electron chi connectivity index (χ0n) is 14.3. The second-order valence-electron chi connectivity index (χ2n) is 5.60. The average Bonchev–Trinajstić information content (AvgIpc) is 2.60. The predicted molar refractivity (Wildman–Crippen MR) is 96.0 cm³/mol. The summed E-state index contributed by atoms with van der Waals surface area (Å²) >= 11 is 5.94. The van der Waals surface area contributed by atoms with E-state index in [2.05, 4.69) is 5.32 Å². The average molecular weight is 362 g/mol. The first-order valence-corrected chi connectivity index (χ1v) is 8.15. The number of hydrogen-bond acceptors (Lipinski definition) is 4. The molecule has 2 aromatic rings. The van der Waals surface area contributed by atoms with Crippen LogP contribution in [0.2, 0.25) is 5.02 Å². The number of amides is 1. The number of rotatable bonds is 6. The third-order valence-corrected chi connectivity index (χ3v) is 3.94. The van der Waals surface area contributed by atoms with E-state index in [0.29, 0.717) is 16.3 Å². The van der Waals surface area contributed by atoms with Gasteiger partial charge < -0.3 is 14.8 Å². The van der Waals surface area contributed by atoms with E-state index >= 15 is 0 Å². The number of hydrogen-bond donors (Lipinski definition) is 1. The van der Waals surface area contributed by atoms with Crippen molar-refractivity contribution in [1.29, 1.82) is 0 Å². The van der Waals surface area contributed by atoms with E-state index in [-0.39, 0.29) is 18.6 Å². The van der Waals surface area contributed by atoms with Gasteiger partial charge in [-0.05, 0) is 49.2 Å². The van der Waals surface area contributed by atoms with Gasteiger partial charge >= 0.3 is 5.97 Å². The van der Waals surface area contributed by atoms with Gasteiger partial charge in [-0.1, -0.05) is 29.8 Å². The smallest absolute Gasteiger partial charge is 0.338 e. The number of aryl methyl sites for hydroxylation is 1. The van der Waals surface area contributed by atoms with Crippen molar-refractivity contribution in [3.63, 3.8) is 0 Å². The highest BCUT2D eigenvalue weighted by Crippen LogP contribution is 2.20. The molecule has 0 saturated carbocycles. The Morgan fingerprint density at radius 3 is 2.64 bits per heavy atom. The van der Waals surface area contributed by atoms with Gasteiger partial charge in [0.2, 0.25) is 0 Å². The molecular formula is C19H20ClNO4. The molecule has 0 aromatic heterocycles. The number of carbonyl (C=O) groups is 2. The van der Waals surface area contributed by atoms with E-state index in [0.717, 1.165) is 11.1 Å². The highest BCUT2D eigenvalue weighted by atomic mass is 35.5. The summed E-state index contributed by atoms with van der Waals surface area (Å²) < 4.78 is 10.2. The lowest BCUT2D eigenvalue weighted by atomic mass is 10.1. The molecule has 0 heterocycles. The summed E-state index contributed by atoms with van der Waals surface area (Å²) in [5, 5.41) is 3.36. The van der Waals surface area contributed by atoms with E-state index in [1.54, 1.807) is 30.3 Å². The Balaban J connectivity index is 1.90. The molecule has 0 saturated heterocycles. The third-order valence-electron chi connectivity index (χ3n) is 3.70. The molecule has 0 unspecified atom stereocenters. The van der Waals surface area contributed by atoms with Gasteiger partial charge in [0.05, 0.1) is 18.7 Å². The Labute approximate surface area is 151 Å². The fourth-order valence-corrected chi connectivity index (χ4v) is 2.50. The van der Waals surface area contributed by atoms with Crippen molar-refractivity contribution in [2.45, 2.75) is 19.9 Å². The fraction of sp³-hybridized carbons (Fsp3) is 0.263. The molecule has 0 aliphatic rings. The molecule has 0 aliphatic heterocycles. The number of halogens is 1. The van der Waals surface area contributed by atoms with E-state index in [4.69, 9.17) is 21.1 Å². The maximum Gasteiger partial charge on any atom is 0.338 e. The van der Waals surface area contributed by atoms with Crippen molar-refractivity contribution in [1.82, 2.24) is 5.32 Å². The minimum atomic E-state index is -0.580. The molecular weight excluding hydrogens is 342 g/mol. The molecule has 0 aliphatic carbocycles. The Kier molecular flexibility index (Phi) is 6.42. The van der Waals surface area contributed by atoms with Crippen LogP contribution < -0.4 is 10.1 Å². The number of methoxy groups -OCH3 is 1. The second kappa shape index (κ2) is 8.53. The first-order valence-electron chi connectivity index (χ1n) is 7.77. The van der Waals surface area contributed by atoms with E-state index in [1.165, 1.54) is 7.11 Å². The Hall–Kier alpha value is -2.53. The normalized spacial score (nSPS) is 11.5. The largest absolute Gasteiger partial charge is 0.496 e. The molecule has 1 atom stereocenters. The molecule has 0 fully saturated rings. The molecule has 1 N–H and O–H groups in total. The number of benzene rings is 2. The van der Waals surface area contributed by atoms with Crippen LogP contribution in [0, 0.1) is 6.92 Å². The minimum Gasteiger partial charge on any atom is -0.496 e. The predicted octanol–water partition coefficient (Wildman–Crippen LogP) is 3.69. The van der Waals surface area contributed by atoms with Crippen LogP contribution in [0.15, 0.2) is 42.5 Å². The number of esters is 1. The topological polar surface area (TPSA) is 64.6 Å². The van der Waals surface area contributed by atoms with Crippen LogP contribution in [0.3, 0.4) is 0 Å². The van der Waals surface area contributed by atoms with E-state index < -0.39 is 5.97 Å². The van der Waals surface area contributed by atoms with Crippen LogP contribution in [0.5, 0.6) is 5.75 Å². The molecule has 0 bridgehead atoms. The van der Waals surface area contributed by atoms with Gasteiger partial charge in [-0.25, -0.2) is 4.79 Å². The molecule has 5 nitrogen and oxygen atoms in total. The lowest BCUT2D eigenvalue weighted by Crippen LogP contribution is -2.31. The van der Waals surface area contributed by atoms with Crippen molar-refractivity contribution in [2.24, 2.45) is 0 Å². The van der Waals surface area contributed by atoms with Crippen molar-refractivity contribution in [3.05, 3.63) is 64.2 Å². The van der Waals surface area contributed by atoms with Crippen LogP contribution in [-0.4, -0.2) is 25.6 Å². The summed E-state index contributed by atoms with van der Waals surface area (Å²) in [5.41, 5.74) is 2.11. The number of nitrogens with one attached hydrogen (secondary N) is 1. The third kappa shape index (κ3) is 5.22. The molecule has 132 valence electrons. The standard InChI is InChI=1S/C19H20ClNO4/c1-12-7-8-15(10-17(12)24-3)19(23)25-11-18(22)21-13(2)14-5-4-6-16(20)9-14/h4-10,13H,11H2,1-3H3,(H,21,22)/t13-/m1/s1. The molecule has 2 rings (SSSR count). The van der Waals surface area contributed by atoms with Gasteiger partial charge in [0.15, 0.2) is 6.61 Å². The SMILES string of the molecule is COc1cc(C(=O)OCC(=O)N[C@H](C)c2cccc(Cl)c2)ccc1C. The lowest BCUT2D eigenvalue weighted by Gasteiger charge is -2.15. The first-order chi connectivity index (χ1) is 11.9. The first kappa shape index (κ1) is 18.8. The van der Waals surface area contributed by atoms with Crippen LogP contribution in [0.25, 0.3) is 0 Å². The monoisotopic (exact) mass is 361 g/mol. The van der Waals surface area contributed by atoms with Gasteiger partial charge in [-0.3, -0.25) is 4.79 Å². The van der Waals surface area contributed by atoms with Crippen LogP contribution in [0.1, 0.15) is 34.5 Å². The zero-order valence-corrected chi connectivity index (χ0v) is 15.1. The number of ether oxygens (including phenoxy) is 2. The van der Waals surface area contributed by atoms with Crippen LogP contribution >= 0.6 is 11.6 Å². The van der Waals surface area contributed by atoms with Gasteiger partial charge in [-0.15, -0.1) is 0 Å². The quantitative estimate of drug-likeness (QED) is 0.797. The summed E-state index contributed by atoms with van der Waals surface area (Å²) in [6.45, 7) is 3.34. The van der Waals surface area contributed by atoms with Crippen LogP contribution in [0.4, 0.5) is 0 Å². The van der Waals surface area contributed by atoms with Crippen molar-refractivity contribution in [2.75, 3.05) is 13.7 Å². The Morgan fingerprint density at radius 1 is 1.20 bits per heavy atom. The highest BCUT2D eigenvalue weighted by Gasteiger charge is 2.14. The second-order valence-corrected chi connectivity index (χ2v) is 6.04. The van der Waals surface area contributed by atoms with Gasteiger partial charge in [0.1, 0.15) is 5.75 Å². The summed E-state index contributed by atoms with van der Waals surface area (Å²) in [4.78, 5) is 24.0. The minimum absolute atomic E-state index is 0.246. The Bertz CT molecular complexity index is 776. The molecule has 6 heteroatoms. The molecule has 25 heavy (non-hydrogen) atoms. The molecule has 1 amide bonds. The summed E-state index contributed by atoms with van der Waals surface area (Å²) in [5.74, 6) is -0.378. The van der Waals surface area contributed by atoms with Crippen molar-refractivity contribution in [3.8, 4) is 5.75 Å². The van der Waals surface area contributed by atoms with Gasteiger partial charge in [0.25, 0.3) is 5.91 Å². The summed E-state index contributed by atoms with van der Waals surface area (Å²) in [6.07, 6.45) is 0. The van der Waals surface area contributed by atoms with Gasteiger partial charge in [0, 0.05) is 5.02 Å². The molecule has 0 spiro atoms. The maximum absolute atomic E-state index is 12.1. The zero-order chi connectivity index (χ0) is 18.4. The molecule has 2 aromatic carbocycles. The van der Waals surface area contributed by atoms with Gasteiger partial charge in [-0.2, -0.15) is 0 Å². The summed E-state index contributed by atoms with van der Waals surface area (Å²) in [7, 11) is 1.53. The van der Waals surface area contributed by atoms with E-state index in [1.807, 2.05) is 26.0 Å². The Morgan fingerprint density at radius 2 is 1.96 bits per heavy atom. The van der Waals surface area contributed by atoms with Crippen molar-refractivity contribution >= 4 is 23.5 Å². The number of carbonyl (C=O) groups excluding carboxylic acids is 2. The maximum atomic E-state index is 12.1. The van der Waals surface area contributed by atoms with Crippen LogP contribution in [-0.2, 0) is 9.53 Å². The molecule has 0 radical (unpaired) electrons. The lowest BCUT2D eigenvalue weighted by molar-refractivity contribution is -0.124. The van der Waals surface area contributed by atoms with Crippen molar-refractivity contribution < 1.29 is 19.1 Å². The van der Waals surface area contributed by atoms with E-state index in [9.17, 15) is 9.59 Å².